The molecule has 0 spiro atoms. The van der Waals surface area contributed by atoms with Gasteiger partial charge in [0.2, 0.25) is 5.91 Å². The molecule has 7 heteroatoms. The first kappa shape index (κ1) is 14.6. The van der Waals surface area contributed by atoms with Crippen molar-refractivity contribution >= 4 is 29.4 Å². The van der Waals surface area contributed by atoms with E-state index in [0.29, 0.717) is 18.8 Å². The Labute approximate surface area is 122 Å². The molecule has 1 aromatic heterocycles. The quantitative estimate of drug-likeness (QED) is 0.828. The SMILES string of the molecule is CSc1ccc(NC(=O)[C@@H]2CCCN(C(N)=O)C2)cn1. The highest BCUT2D eigenvalue weighted by Gasteiger charge is 2.27. The number of nitrogens with two attached hydrogens (primary N) is 1. The Morgan fingerprint density at radius 3 is 2.90 bits per heavy atom. The maximum absolute atomic E-state index is 12.2. The van der Waals surface area contributed by atoms with E-state index in [1.165, 1.54) is 4.90 Å². The lowest BCUT2D eigenvalue weighted by Crippen LogP contribution is -2.46. The first-order valence-electron chi connectivity index (χ1n) is 6.45. The Morgan fingerprint density at radius 1 is 1.50 bits per heavy atom. The van der Waals surface area contributed by atoms with E-state index in [2.05, 4.69) is 10.3 Å². The van der Waals surface area contributed by atoms with Crippen molar-refractivity contribution in [2.24, 2.45) is 11.7 Å². The van der Waals surface area contributed by atoms with Crippen molar-refractivity contribution in [2.45, 2.75) is 17.9 Å². The predicted octanol–water partition coefficient (Wildman–Crippen LogP) is 1.53. The molecule has 0 saturated carbocycles. The summed E-state index contributed by atoms with van der Waals surface area (Å²) in [6.45, 7) is 1.01. The van der Waals surface area contributed by atoms with Crippen LogP contribution in [0.5, 0.6) is 0 Å². The number of piperidine rings is 1. The highest BCUT2D eigenvalue weighted by molar-refractivity contribution is 7.98. The number of carbonyl (C=O) groups is 2. The first-order valence-corrected chi connectivity index (χ1v) is 7.68. The second kappa shape index (κ2) is 6.60. The number of urea groups is 1. The van der Waals surface area contributed by atoms with Crippen LogP contribution in [0.3, 0.4) is 0 Å². The second-order valence-corrected chi connectivity index (χ2v) is 5.53. The molecule has 3 amide bonds. The summed E-state index contributed by atoms with van der Waals surface area (Å²) < 4.78 is 0. The van der Waals surface area contributed by atoms with Crippen molar-refractivity contribution in [1.29, 1.82) is 0 Å². The van der Waals surface area contributed by atoms with Gasteiger partial charge in [-0.2, -0.15) is 0 Å². The van der Waals surface area contributed by atoms with Crippen molar-refractivity contribution in [2.75, 3.05) is 24.7 Å². The van der Waals surface area contributed by atoms with Crippen molar-refractivity contribution in [1.82, 2.24) is 9.88 Å². The van der Waals surface area contributed by atoms with Crippen molar-refractivity contribution in [3.63, 3.8) is 0 Å². The van der Waals surface area contributed by atoms with Gasteiger partial charge in [0.05, 0.1) is 22.8 Å². The molecule has 0 bridgehead atoms. The average Bonchev–Trinajstić information content (AvgIpc) is 2.48. The van der Waals surface area contributed by atoms with Gasteiger partial charge < -0.3 is 16.0 Å². The zero-order valence-corrected chi connectivity index (χ0v) is 12.2. The van der Waals surface area contributed by atoms with Gasteiger partial charge in [0.15, 0.2) is 0 Å². The Balaban J connectivity index is 1.95. The molecule has 1 aliphatic rings. The van der Waals surface area contributed by atoms with Crippen LogP contribution in [0.2, 0.25) is 0 Å². The van der Waals surface area contributed by atoms with Gasteiger partial charge in [0.25, 0.3) is 0 Å². The van der Waals surface area contributed by atoms with E-state index in [9.17, 15) is 9.59 Å². The van der Waals surface area contributed by atoms with Gasteiger partial charge in [-0.1, -0.05) is 0 Å². The van der Waals surface area contributed by atoms with Crippen molar-refractivity contribution in [3.8, 4) is 0 Å². The van der Waals surface area contributed by atoms with Gasteiger partial charge in [0, 0.05) is 13.1 Å². The number of hydrogen-bond donors (Lipinski definition) is 2. The smallest absolute Gasteiger partial charge is 0.314 e. The zero-order chi connectivity index (χ0) is 14.5. The Morgan fingerprint density at radius 2 is 2.30 bits per heavy atom. The van der Waals surface area contributed by atoms with E-state index in [1.807, 2.05) is 18.4 Å². The third-order valence-corrected chi connectivity index (χ3v) is 3.98. The molecule has 3 N–H and O–H groups in total. The van der Waals surface area contributed by atoms with E-state index >= 15 is 0 Å². The summed E-state index contributed by atoms with van der Waals surface area (Å²) in [6, 6.07) is 3.22. The van der Waals surface area contributed by atoms with Crippen molar-refractivity contribution in [3.05, 3.63) is 18.3 Å². The van der Waals surface area contributed by atoms with Gasteiger partial charge in [-0.25, -0.2) is 9.78 Å². The minimum absolute atomic E-state index is 0.0883. The highest BCUT2D eigenvalue weighted by atomic mass is 32.2. The third-order valence-electron chi connectivity index (χ3n) is 3.32. The number of nitrogens with zero attached hydrogens (tertiary/aromatic N) is 2. The number of aromatic nitrogens is 1. The molecule has 1 aliphatic heterocycles. The maximum atomic E-state index is 12.2. The van der Waals surface area contributed by atoms with E-state index in [0.717, 1.165) is 17.9 Å². The Bertz CT molecular complexity index is 492. The van der Waals surface area contributed by atoms with E-state index in [1.54, 1.807) is 18.0 Å². The molecule has 2 heterocycles. The van der Waals surface area contributed by atoms with Crippen LogP contribution in [0.25, 0.3) is 0 Å². The van der Waals surface area contributed by atoms with Gasteiger partial charge in [-0.3, -0.25) is 4.79 Å². The molecule has 2 rings (SSSR count). The van der Waals surface area contributed by atoms with Crippen LogP contribution < -0.4 is 11.1 Å². The number of rotatable bonds is 3. The van der Waals surface area contributed by atoms with Crippen LogP contribution in [0.15, 0.2) is 23.4 Å². The molecule has 0 aromatic carbocycles. The second-order valence-electron chi connectivity index (χ2n) is 4.70. The number of hydrogen-bond acceptors (Lipinski definition) is 4. The van der Waals surface area contributed by atoms with Gasteiger partial charge in [-0.05, 0) is 31.2 Å². The van der Waals surface area contributed by atoms with E-state index in [-0.39, 0.29) is 11.8 Å². The Hall–Kier alpha value is -1.76. The fourth-order valence-electron chi connectivity index (χ4n) is 2.21. The number of thioether (sulfide) groups is 1. The fourth-order valence-corrected chi connectivity index (χ4v) is 2.57. The summed E-state index contributed by atoms with van der Waals surface area (Å²) in [7, 11) is 0. The number of pyridine rings is 1. The van der Waals surface area contributed by atoms with E-state index < -0.39 is 6.03 Å². The van der Waals surface area contributed by atoms with Gasteiger partial charge in [0.1, 0.15) is 0 Å². The monoisotopic (exact) mass is 294 g/mol. The van der Waals surface area contributed by atoms with Crippen LogP contribution in [-0.2, 0) is 4.79 Å². The number of primary amides is 1. The summed E-state index contributed by atoms with van der Waals surface area (Å²) in [6.07, 6.45) is 5.15. The van der Waals surface area contributed by atoms with Gasteiger partial charge >= 0.3 is 6.03 Å². The Kier molecular flexibility index (Phi) is 4.84. The third kappa shape index (κ3) is 3.63. The molecular formula is C13H18N4O2S. The lowest BCUT2D eigenvalue weighted by atomic mass is 9.97. The standard InChI is InChI=1S/C13H18N4O2S/c1-20-11-5-4-10(7-15-11)16-12(18)9-3-2-6-17(8-9)13(14)19/h4-5,7,9H,2-3,6,8H2,1H3,(H2,14,19)(H,16,18)/t9-/m1/s1. The summed E-state index contributed by atoms with van der Waals surface area (Å²) in [4.78, 5) is 29.0. The molecule has 1 aromatic rings. The largest absolute Gasteiger partial charge is 0.351 e. The molecule has 1 atom stereocenters. The molecule has 20 heavy (non-hydrogen) atoms. The number of nitrogens with one attached hydrogen (secondary N) is 1. The average molecular weight is 294 g/mol. The maximum Gasteiger partial charge on any atom is 0.314 e. The molecule has 1 saturated heterocycles. The van der Waals surface area contributed by atoms with Crippen LogP contribution in [0.4, 0.5) is 10.5 Å². The molecule has 1 fully saturated rings. The summed E-state index contributed by atoms with van der Waals surface area (Å²) in [5.74, 6) is -0.300. The fraction of sp³-hybridized carbons (Fsp3) is 0.462. The van der Waals surface area contributed by atoms with Crippen LogP contribution in [0, 0.1) is 5.92 Å². The van der Waals surface area contributed by atoms with E-state index in [4.69, 9.17) is 5.73 Å². The summed E-state index contributed by atoms with van der Waals surface area (Å²) in [5, 5.41) is 3.74. The van der Waals surface area contributed by atoms with Gasteiger partial charge in [-0.15, -0.1) is 11.8 Å². The molecule has 0 aliphatic carbocycles. The lowest BCUT2D eigenvalue weighted by Gasteiger charge is -2.30. The normalized spacial score (nSPS) is 18.6. The van der Waals surface area contributed by atoms with Crippen LogP contribution in [-0.4, -0.2) is 41.2 Å². The molecule has 0 radical (unpaired) electrons. The number of amides is 3. The molecule has 6 nitrogen and oxygen atoms in total. The summed E-state index contributed by atoms with van der Waals surface area (Å²) in [5.41, 5.74) is 5.93. The first-order chi connectivity index (χ1) is 9.60. The summed E-state index contributed by atoms with van der Waals surface area (Å²) >= 11 is 1.55. The number of carbonyl (C=O) groups excluding carboxylic acids is 2. The lowest BCUT2D eigenvalue weighted by molar-refractivity contribution is -0.121. The van der Waals surface area contributed by atoms with Crippen LogP contribution in [0.1, 0.15) is 12.8 Å². The molecule has 0 unspecified atom stereocenters. The van der Waals surface area contributed by atoms with Crippen LogP contribution >= 0.6 is 11.8 Å². The zero-order valence-electron chi connectivity index (χ0n) is 11.3. The predicted molar refractivity (Wildman–Crippen MR) is 78.5 cm³/mol. The minimum Gasteiger partial charge on any atom is -0.351 e. The topological polar surface area (TPSA) is 88.3 Å². The molecular weight excluding hydrogens is 276 g/mol. The minimum atomic E-state index is -0.464. The molecule has 108 valence electrons. The number of anilines is 1. The number of likely N-dealkylation sites (tertiary alicyclic amines) is 1. The van der Waals surface area contributed by atoms with Crippen molar-refractivity contribution < 1.29 is 9.59 Å². The highest BCUT2D eigenvalue weighted by Crippen LogP contribution is 2.19.